The van der Waals surface area contributed by atoms with Crippen molar-refractivity contribution in [2.24, 2.45) is 4.99 Å². The monoisotopic (exact) mass is 459 g/mol. The second-order valence-corrected chi connectivity index (χ2v) is 9.52. The van der Waals surface area contributed by atoms with Crippen LogP contribution in [0.5, 0.6) is 17.2 Å². The average Bonchev–Trinajstić information content (AvgIpc) is 3.53. The third-order valence-electron chi connectivity index (χ3n) is 6.37. The van der Waals surface area contributed by atoms with Gasteiger partial charge in [0.2, 0.25) is 12.5 Å². The zero-order valence-corrected chi connectivity index (χ0v) is 19.4. The van der Waals surface area contributed by atoms with Crippen molar-refractivity contribution in [2.45, 2.75) is 38.3 Å². The van der Waals surface area contributed by atoms with Crippen molar-refractivity contribution in [1.29, 1.82) is 0 Å². The lowest BCUT2D eigenvalue weighted by molar-refractivity contribution is 0.171. The number of amides is 2. The Kier molecular flexibility index (Phi) is 4.39. The number of amidine groups is 1. The predicted molar refractivity (Wildman–Crippen MR) is 127 cm³/mol. The number of nitrogens with zero attached hydrogens (tertiary/aromatic N) is 4. The molecule has 0 spiro atoms. The number of para-hydroxylation sites is 1. The van der Waals surface area contributed by atoms with E-state index >= 15 is 0 Å². The number of hydrogen-bond donors (Lipinski definition) is 1. The van der Waals surface area contributed by atoms with Crippen LogP contribution < -0.4 is 24.4 Å². The predicted octanol–water partition coefficient (Wildman–Crippen LogP) is 4.15. The van der Waals surface area contributed by atoms with E-state index < -0.39 is 0 Å². The number of benzene rings is 2. The van der Waals surface area contributed by atoms with Gasteiger partial charge in [0, 0.05) is 17.2 Å². The Morgan fingerprint density at radius 3 is 2.68 bits per heavy atom. The Balaban J connectivity index is 1.59. The van der Waals surface area contributed by atoms with Crippen molar-refractivity contribution in [3.05, 3.63) is 59.8 Å². The Labute approximate surface area is 196 Å². The van der Waals surface area contributed by atoms with Crippen molar-refractivity contribution in [3.8, 4) is 17.2 Å². The maximum absolute atomic E-state index is 13.2. The van der Waals surface area contributed by atoms with Gasteiger partial charge in [0.05, 0.1) is 18.8 Å². The quantitative estimate of drug-likeness (QED) is 0.636. The van der Waals surface area contributed by atoms with Gasteiger partial charge in [-0.15, -0.1) is 0 Å². The molecule has 174 valence electrons. The third kappa shape index (κ3) is 2.96. The number of aromatic nitrogens is 2. The van der Waals surface area contributed by atoms with Gasteiger partial charge in [-0.1, -0.05) is 18.2 Å². The topological polar surface area (TPSA) is 90.2 Å². The molecule has 9 heteroatoms. The number of carbonyl (C=O) groups is 1. The van der Waals surface area contributed by atoms with Crippen LogP contribution in [-0.4, -0.2) is 41.6 Å². The summed E-state index contributed by atoms with van der Waals surface area (Å²) in [5.74, 6) is 2.85. The van der Waals surface area contributed by atoms with Crippen molar-refractivity contribution in [2.75, 3.05) is 18.8 Å². The molecule has 3 aromatic rings. The third-order valence-corrected chi connectivity index (χ3v) is 6.37. The molecule has 34 heavy (non-hydrogen) atoms. The molecule has 6 rings (SSSR count). The smallest absolute Gasteiger partial charge is 0.328 e. The number of ether oxygens (including phenoxy) is 3. The van der Waals surface area contributed by atoms with Crippen LogP contribution in [-0.2, 0) is 5.54 Å². The van der Waals surface area contributed by atoms with E-state index in [4.69, 9.17) is 24.3 Å². The highest BCUT2D eigenvalue weighted by Crippen LogP contribution is 2.49. The molecule has 2 atom stereocenters. The number of carbonyl (C=O) groups excluding carboxylic acids is 1. The van der Waals surface area contributed by atoms with E-state index in [0.29, 0.717) is 23.1 Å². The van der Waals surface area contributed by atoms with Gasteiger partial charge in [0.15, 0.2) is 17.3 Å². The molecule has 0 saturated carbocycles. The van der Waals surface area contributed by atoms with Gasteiger partial charge in [-0.25, -0.2) is 14.5 Å². The van der Waals surface area contributed by atoms with Crippen LogP contribution in [0.15, 0.2) is 53.7 Å². The Hall–Kier alpha value is -4.01. The van der Waals surface area contributed by atoms with E-state index in [0.717, 1.165) is 22.6 Å². The molecule has 1 N–H and O–H groups in total. The van der Waals surface area contributed by atoms with E-state index in [1.54, 1.807) is 12.0 Å². The molecule has 1 aromatic heterocycles. The van der Waals surface area contributed by atoms with E-state index in [-0.39, 0.29) is 30.3 Å². The fourth-order valence-corrected chi connectivity index (χ4v) is 4.91. The zero-order chi connectivity index (χ0) is 23.6. The standard InChI is InChI=1S/C25H25N5O4/c1-25(2,3)30-23-16(12-26-30)19(14-10-17(32-4)21-18(11-14)33-13-34-21)20-22(27-23)28-24(31)29(20)15-8-6-5-7-9-15/h5-12,19-20H,13H2,1-4H3,(H,27,28,31)/t19-,20+/m0/s1. The van der Waals surface area contributed by atoms with Crippen molar-refractivity contribution < 1.29 is 19.0 Å². The Morgan fingerprint density at radius 1 is 1.15 bits per heavy atom. The van der Waals surface area contributed by atoms with E-state index in [9.17, 15) is 4.79 Å². The van der Waals surface area contributed by atoms with Gasteiger partial charge in [-0.2, -0.15) is 5.10 Å². The minimum Gasteiger partial charge on any atom is -0.493 e. The average molecular weight is 460 g/mol. The number of aliphatic imine (C=N–C) groups is 1. The number of hydrogen-bond acceptors (Lipinski definition) is 6. The molecular formula is C25H25N5O4. The van der Waals surface area contributed by atoms with Crippen molar-refractivity contribution in [3.63, 3.8) is 0 Å². The first-order chi connectivity index (χ1) is 16.4. The van der Waals surface area contributed by atoms with Crippen LogP contribution >= 0.6 is 0 Å². The lowest BCUT2D eigenvalue weighted by atomic mass is 9.83. The van der Waals surface area contributed by atoms with Gasteiger partial charge in [-0.3, -0.25) is 10.2 Å². The fourth-order valence-electron chi connectivity index (χ4n) is 4.91. The van der Waals surface area contributed by atoms with Crippen molar-refractivity contribution >= 4 is 23.4 Å². The van der Waals surface area contributed by atoms with Crippen LogP contribution in [0, 0.1) is 0 Å². The lowest BCUT2D eigenvalue weighted by Crippen LogP contribution is -2.42. The zero-order valence-electron chi connectivity index (χ0n) is 19.4. The molecule has 0 aliphatic carbocycles. The molecule has 0 unspecified atom stereocenters. The van der Waals surface area contributed by atoms with Gasteiger partial charge < -0.3 is 14.2 Å². The summed E-state index contributed by atoms with van der Waals surface area (Å²) in [5, 5.41) is 7.70. The normalized spacial score (nSPS) is 20.5. The number of rotatable bonds is 3. The second kappa shape index (κ2) is 7.24. The molecule has 2 amide bonds. The van der Waals surface area contributed by atoms with Crippen LogP contribution in [0.25, 0.3) is 0 Å². The molecule has 1 fully saturated rings. The van der Waals surface area contributed by atoms with Crippen LogP contribution in [0.3, 0.4) is 0 Å². The maximum Gasteiger partial charge on any atom is 0.328 e. The van der Waals surface area contributed by atoms with E-state index in [1.165, 1.54) is 0 Å². The molecule has 9 nitrogen and oxygen atoms in total. The summed E-state index contributed by atoms with van der Waals surface area (Å²) < 4.78 is 18.9. The summed E-state index contributed by atoms with van der Waals surface area (Å²) >= 11 is 0. The molecule has 0 radical (unpaired) electrons. The maximum atomic E-state index is 13.2. The first-order valence-electron chi connectivity index (χ1n) is 11.2. The summed E-state index contributed by atoms with van der Waals surface area (Å²) in [7, 11) is 1.61. The first kappa shape index (κ1) is 20.6. The number of methoxy groups -OCH3 is 1. The fraction of sp³-hybridized carbons (Fsp3) is 0.320. The molecule has 2 aromatic carbocycles. The minimum absolute atomic E-state index is 0.138. The molecule has 3 aliphatic heterocycles. The highest BCUT2D eigenvalue weighted by Gasteiger charge is 2.48. The van der Waals surface area contributed by atoms with Gasteiger partial charge in [-0.05, 0) is 50.6 Å². The van der Waals surface area contributed by atoms with Crippen LogP contribution in [0.4, 0.5) is 16.3 Å². The highest BCUT2D eigenvalue weighted by molar-refractivity contribution is 6.18. The van der Waals surface area contributed by atoms with Crippen LogP contribution in [0.1, 0.15) is 37.8 Å². The van der Waals surface area contributed by atoms with E-state index in [1.807, 2.05) is 53.3 Å². The summed E-state index contributed by atoms with van der Waals surface area (Å²) in [6, 6.07) is 12.9. The SMILES string of the molecule is COc1cc([C@H]2c3cnn(C(C)(C)C)c3N=C3NC(=O)N(c4ccccc4)[C@@H]32)cc2c1OCO2. The minimum atomic E-state index is -0.384. The number of urea groups is 1. The number of fused-ring (bicyclic) bond motifs is 3. The molecule has 4 heterocycles. The van der Waals surface area contributed by atoms with Gasteiger partial charge in [0.25, 0.3) is 0 Å². The van der Waals surface area contributed by atoms with Gasteiger partial charge in [0.1, 0.15) is 11.9 Å². The Bertz CT molecular complexity index is 1330. The van der Waals surface area contributed by atoms with E-state index in [2.05, 4.69) is 26.1 Å². The summed E-state index contributed by atoms with van der Waals surface area (Å²) in [5.41, 5.74) is 2.36. The largest absolute Gasteiger partial charge is 0.493 e. The summed E-state index contributed by atoms with van der Waals surface area (Å²) in [4.78, 5) is 19.9. The first-order valence-corrected chi connectivity index (χ1v) is 11.2. The van der Waals surface area contributed by atoms with Crippen molar-refractivity contribution in [1.82, 2.24) is 15.1 Å². The molecule has 0 bridgehead atoms. The summed E-state index contributed by atoms with van der Waals surface area (Å²) in [6.45, 7) is 6.37. The number of anilines is 1. The molecular weight excluding hydrogens is 434 g/mol. The number of nitrogens with one attached hydrogen (secondary N) is 1. The second-order valence-electron chi connectivity index (χ2n) is 9.52. The molecule has 1 saturated heterocycles. The van der Waals surface area contributed by atoms with Gasteiger partial charge >= 0.3 is 6.03 Å². The molecule has 3 aliphatic rings. The summed E-state index contributed by atoms with van der Waals surface area (Å²) in [6.07, 6.45) is 1.86. The Morgan fingerprint density at radius 2 is 1.94 bits per heavy atom. The van der Waals surface area contributed by atoms with Crippen LogP contribution in [0.2, 0.25) is 0 Å². The lowest BCUT2D eigenvalue weighted by Gasteiger charge is -2.33. The highest BCUT2D eigenvalue weighted by atomic mass is 16.7.